The lowest BCUT2D eigenvalue weighted by Gasteiger charge is -2.21. The van der Waals surface area contributed by atoms with E-state index in [0.29, 0.717) is 6.04 Å². The van der Waals surface area contributed by atoms with Gasteiger partial charge in [-0.3, -0.25) is 0 Å². The highest BCUT2D eigenvalue weighted by atomic mass is 16.7. The Morgan fingerprint density at radius 2 is 2.00 bits per heavy atom. The van der Waals surface area contributed by atoms with Gasteiger partial charge in [-0.1, -0.05) is 24.3 Å². The monoisotopic (exact) mass is 221 g/mol. The lowest BCUT2D eigenvalue weighted by atomic mass is 9.99. The van der Waals surface area contributed by atoms with Crippen molar-refractivity contribution < 1.29 is 9.47 Å². The Hall–Kier alpha value is -0.900. The Bertz CT molecular complexity index is 309. The van der Waals surface area contributed by atoms with E-state index >= 15 is 0 Å². The van der Waals surface area contributed by atoms with E-state index in [2.05, 4.69) is 23.5 Å². The molecule has 1 fully saturated rings. The molecule has 0 spiro atoms. The molecular formula is C13H19NO2. The molecule has 1 aliphatic heterocycles. The summed E-state index contributed by atoms with van der Waals surface area (Å²) in [4.78, 5) is 0. The molecule has 1 aromatic carbocycles. The largest absolute Gasteiger partial charge is 0.352 e. The zero-order valence-electron chi connectivity index (χ0n) is 9.90. The molecule has 3 heteroatoms. The van der Waals surface area contributed by atoms with Gasteiger partial charge in [0, 0.05) is 25.8 Å². The van der Waals surface area contributed by atoms with Crippen LogP contribution in [0.1, 0.15) is 36.3 Å². The molecule has 1 aromatic rings. The number of benzene rings is 1. The average molecular weight is 221 g/mol. The summed E-state index contributed by atoms with van der Waals surface area (Å²) in [5.41, 5.74) is 2.43. The molecule has 0 saturated carbocycles. The highest BCUT2D eigenvalue weighted by molar-refractivity contribution is 5.31. The SMILES string of the molecule is COC(OC)c1ccccc1C1CCCN1. The summed E-state index contributed by atoms with van der Waals surface area (Å²) in [6.07, 6.45) is 2.17. The standard InChI is InChI=1S/C13H19NO2/c1-15-13(16-2)11-7-4-3-6-10(11)12-8-5-9-14-12/h3-4,6-7,12-14H,5,8-9H2,1-2H3. The van der Waals surface area contributed by atoms with Crippen molar-refractivity contribution in [1.29, 1.82) is 0 Å². The minimum Gasteiger partial charge on any atom is -0.352 e. The molecule has 1 atom stereocenters. The van der Waals surface area contributed by atoms with Crippen molar-refractivity contribution in [3.05, 3.63) is 35.4 Å². The van der Waals surface area contributed by atoms with E-state index in [1.807, 2.05) is 6.07 Å². The maximum Gasteiger partial charge on any atom is 0.183 e. The van der Waals surface area contributed by atoms with Crippen LogP contribution in [-0.2, 0) is 9.47 Å². The molecule has 1 N–H and O–H groups in total. The topological polar surface area (TPSA) is 30.5 Å². The van der Waals surface area contributed by atoms with Gasteiger partial charge in [0.2, 0.25) is 0 Å². The Morgan fingerprint density at radius 1 is 1.25 bits per heavy atom. The van der Waals surface area contributed by atoms with E-state index in [9.17, 15) is 0 Å². The van der Waals surface area contributed by atoms with Crippen LogP contribution in [-0.4, -0.2) is 20.8 Å². The van der Waals surface area contributed by atoms with Crippen LogP contribution >= 0.6 is 0 Å². The second kappa shape index (κ2) is 5.43. The number of methoxy groups -OCH3 is 2. The molecule has 0 bridgehead atoms. The van der Waals surface area contributed by atoms with Gasteiger partial charge in [0.05, 0.1) is 0 Å². The maximum atomic E-state index is 5.34. The number of hydrogen-bond donors (Lipinski definition) is 1. The first-order chi connectivity index (χ1) is 7.86. The molecule has 1 aliphatic rings. The molecule has 1 heterocycles. The Labute approximate surface area is 96.8 Å². The Morgan fingerprint density at radius 3 is 2.62 bits per heavy atom. The van der Waals surface area contributed by atoms with Gasteiger partial charge < -0.3 is 14.8 Å². The van der Waals surface area contributed by atoms with E-state index in [0.717, 1.165) is 12.1 Å². The predicted molar refractivity (Wildman–Crippen MR) is 63.2 cm³/mol. The van der Waals surface area contributed by atoms with Crippen LogP contribution in [0, 0.1) is 0 Å². The third-order valence-corrected chi connectivity index (χ3v) is 3.11. The third kappa shape index (κ3) is 2.26. The van der Waals surface area contributed by atoms with Gasteiger partial charge >= 0.3 is 0 Å². The van der Waals surface area contributed by atoms with E-state index in [-0.39, 0.29) is 6.29 Å². The predicted octanol–water partition coefficient (Wildman–Crippen LogP) is 2.40. The molecule has 0 radical (unpaired) electrons. The molecule has 1 saturated heterocycles. The first-order valence-corrected chi connectivity index (χ1v) is 5.74. The fraction of sp³-hybridized carbons (Fsp3) is 0.538. The third-order valence-electron chi connectivity index (χ3n) is 3.11. The van der Waals surface area contributed by atoms with Gasteiger partial charge in [-0.25, -0.2) is 0 Å². The van der Waals surface area contributed by atoms with Crippen molar-refractivity contribution in [2.24, 2.45) is 0 Å². The molecule has 0 amide bonds. The second-order valence-electron chi connectivity index (χ2n) is 4.08. The molecular weight excluding hydrogens is 202 g/mol. The van der Waals surface area contributed by atoms with Crippen LogP contribution < -0.4 is 5.32 Å². The minimum absolute atomic E-state index is 0.265. The van der Waals surface area contributed by atoms with Crippen LogP contribution in [0.5, 0.6) is 0 Å². The zero-order chi connectivity index (χ0) is 11.4. The molecule has 0 aromatic heterocycles. The summed E-state index contributed by atoms with van der Waals surface area (Å²) >= 11 is 0. The molecule has 88 valence electrons. The van der Waals surface area contributed by atoms with E-state index in [4.69, 9.17) is 9.47 Å². The van der Waals surface area contributed by atoms with Gasteiger partial charge in [0.15, 0.2) is 6.29 Å². The summed E-state index contributed by atoms with van der Waals surface area (Å²) in [5.74, 6) is 0. The second-order valence-corrected chi connectivity index (χ2v) is 4.08. The highest BCUT2D eigenvalue weighted by Gasteiger charge is 2.22. The molecule has 1 unspecified atom stereocenters. The quantitative estimate of drug-likeness (QED) is 0.792. The molecule has 0 aliphatic carbocycles. The summed E-state index contributed by atoms with van der Waals surface area (Å²) < 4.78 is 10.7. The number of ether oxygens (including phenoxy) is 2. The van der Waals surface area contributed by atoms with E-state index < -0.39 is 0 Å². The minimum atomic E-state index is -0.265. The lowest BCUT2D eigenvalue weighted by molar-refractivity contribution is -0.106. The Kier molecular flexibility index (Phi) is 3.93. The van der Waals surface area contributed by atoms with Crippen molar-refractivity contribution in [2.45, 2.75) is 25.2 Å². The van der Waals surface area contributed by atoms with Crippen LogP contribution in [0.15, 0.2) is 24.3 Å². The number of nitrogens with one attached hydrogen (secondary N) is 1. The lowest BCUT2D eigenvalue weighted by Crippen LogP contribution is -2.17. The highest BCUT2D eigenvalue weighted by Crippen LogP contribution is 2.30. The average Bonchev–Trinajstić information content (AvgIpc) is 2.85. The van der Waals surface area contributed by atoms with Crippen LogP contribution in [0.3, 0.4) is 0 Å². The smallest absolute Gasteiger partial charge is 0.183 e. The fourth-order valence-electron chi connectivity index (χ4n) is 2.34. The number of rotatable bonds is 4. The first kappa shape index (κ1) is 11.6. The van der Waals surface area contributed by atoms with E-state index in [1.165, 1.54) is 18.4 Å². The fourth-order valence-corrected chi connectivity index (χ4v) is 2.34. The van der Waals surface area contributed by atoms with Gasteiger partial charge in [0.25, 0.3) is 0 Å². The van der Waals surface area contributed by atoms with Crippen molar-refractivity contribution in [1.82, 2.24) is 5.32 Å². The maximum absolute atomic E-state index is 5.34. The Balaban J connectivity index is 2.28. The zero-order valence-corrected chi connectivity index (χ0v) is 9.90. The van der Waals surface area contributed by atoms with Crippen molar-refractivity contribution in [2.75, 3.05) is 20.8 Å². The van der Waals surface area contributed by atoms with Crippen molar-refractivity contribution in [3.8, 4) is 0 Å². The van der Waals surface area contributed by atoms with E-state index in [1.54, 1.807) is 14.2 Å². The summed E-state index contributed by atoms with van der Waals surface area (Å²) in [6, 6.07) is 8.78. The molecule has 2 rings (SSSR count). The van der Waals surface area contributed by atoms with Crippen LogP contribution in [0.2, 0.25) is 0 Å². The van der Waals surface area contributed by atoms with Gasteiger partial charge in [-0.05, 0) is 24.9 Å². The van der Waals surface area contributed by atoms with Gasteiger partial charge in [0.1, 0.15) is 0 Å². The van der Waals surface area contributed by atoms with Crippen molar-refractivity contribution in [3.63, 3.8) is 0 Å². The van der Waals surface area contributed by atoms with Crippen LogP contribution in [0.4, 0.5) is 0 Å². The summed E-state index contributed by atoms with van der Waals surface area (Å²) in [6.45, 7) is 1.10. The number of hydrogen-bond acceptors (Lipinski definition) is 3. The van der Waals surface area contributed by atoms with Gasteiger partial charge in [-0.15, -0.1) is 0 Å². The summed E-state index contributed by atoms with van der Waals surface area (Å²) in [5, 5.41) is 3.51. The van der Waals surface area contributed by atoms with Gasteiger partial charge in [-0.2, -0.15) is 0 Å². The van der Waals surface area contributed by atoms with Crippen molar-refractivity contribution >= 4 is 0 Å². The molecule has 3 nitrogen and oxygen atoms in total. The first-order valence-electron chi connectivity index (χ1n) is 5.74. The van der Waals surface area contributed by atoms with Crippen LogP contribution in [0.25, 0.3) is 0 Å². The summed E-state index contributed by atoms with van der Waals surface area (Å²) in [7, 11) is 3.35. The molecule has 16 heavy (non-hydrogen) atoms. The normalized spacial score (nSPS) is 20.6.